The highest BCUT2D eigenvalue weighted by Crippen LogP contribution is 2.13. The van der Waals surface area contributed by atoms with Crippen molar-refractivity contribution >= 4 is 11.8 Å². The van der Waals surface area contributed by atoms with Gasteiger partial charge in [-0.2, -0.15) is 0 Å². The summed E-state index contributed by atoms with van der Waals surface area (Å²) in [5, 5.41) is 0. The number of likely N-dealkylation sites (tertiary alicyclic amines) is 1. The highest BCUT2D eigenvalue weighted by Gasteiger charge is 2.20. The Bertz CT molecular complexity index is 528. The van der Waals surface area contributed by atoms with Gasteiger partial charge in [0.1, 0.15) is 0 Å². The van der Waals surface area contributed by atoms with Crippen LogP contribution < -0.4 is 0 Å². The Balaban J connectivity index is 1.92. The van der Waals surface area contributed by atoms with Crippen LogP contribution in [0.5, 0.6) is 0 Å². The van der Waals surface area contributed by atoms with Crippen LogP contribution in [0, 0.1) is 6.92 Å². The Hall–Kier alpha value is -1.84. The molecule has 1 fully saturated rings. The molecule has 0 saturated carbocycles. The molecule has 0 aliphatic carbocycles. The summed E-state index contributed by atoms with van der Waals surface area (Å²) in [6.45, 7) is 3.56. The standard InChI is InChI=1S/C18H26N2O2/c1-15-9-6-7-10-16(15)13-19(2)18(22)14-20-12-8-4-3-5-11-17(20)21/h6-7,9-10H,3-5,8,11-14H2,1-2H3. The van der Waals surface area contributed by atoms with E-state index in [1.807, 2.05) is 25.2 Å². The van der Waals surface area contributed by atoms with Crippen LogP contribution in [-0.2, 0) is 16.1 Å². The van der Waals surface area contributed by atoms with Gasteiger partial charge in [0.25, 0.3) is 0 Å². The van der Waals surface area contributed by atoms with E-state index in [1.165, 1.54) is 5.56 Å². The van der Waals surface area contributed by atoms with Gasteiger partial charge in [0, 0.05) is 26.6 Å². The molecule has 0 unspecified atom stereocenters. The van der Waals surface area contributed by atoms with Gasteiger partial charge >= 0.3 is 0 Å². The third kappa shape index (κ3) is 4.58. The van der Waals surface area contributed by atoms with E-state index in [0.717, 1.165) is 31.2 Å². The molecule has 4 nitrogen and oxygen atoms in total. The minimum Gasteiger partial charge on any atom is -0.340 e. The van der Waals surface area contributed by atoms with E-state index >= 15 is 0 Å². The minimum absolute atomic E-state index is 0.0113. The summed E-state index contributed by atoms with van der Waals surface area (Å²) in [5.41, 5.74) is 2.34. The third-order valence-corrected chi connectivity index (χ3v) is 4.34. The van der Waals surface area contributed by atoms with E-state index in [1.54, 1.807) is 9.80 Å². The van der Waals surface area contributed by atoms with Crippen molar-refractivity contribution < 1.29 is 9.59 Å². The predicted octanol–water partition coefficient (Wildman–Crippen LogP) is 2.75. The number of nitrogens with zero attached hydrogens (tertiary/aromatic N) is 2. The van der Waals surface area contributed by atoms with E-state index in [4.69, 9.17) is 0 Å². The lowest BCUT2D eigenvalue weighted by atomic mass is 10.1. The molecule has 22 heavy (non-hydrogen) atoms. The van der Waals surface area contributed by atoms with Crippen molar-refractivity contribution in [2.75, 3.05) is 20.1 Å². The molecule has 1 aliphatic heterocycles. The van der Waals surface area contributed by atoms with Gasteiger partial charge in [-0.25, -0.2) is 0 Å². The number of carbonyl (C=O) groups excluding carboxylic acids is 2. The Kier molecular flexibility index (Phi) is 5.99. The molecule has 0 spiro atoms. The molecule has 1 saturated heterocycles. The molecule has 4 heteroatoms. The van der Waals surface area contributed by atoms with Gasteiger partial charge in [-0.05, 0) is 30.9 Å². The van der Waals surface area contributed by atoms with Crippen LogP contribution in [0.3, 0.4) is 0 Å². The predicted molar refractivity (Wildman–Crippen MR) is 87.3 cm³/mol. The first-order valence-corrected chi connectivity index (χ1v) is 8.14. The Morgan fingerprint density at radius 1 is 1.18 bits per heavy atom. The molecule has 120 valence electrons. The second kappa shape index (κ2) is 7.97. The average molecular weight is 302 g/mol. The largest absolute Gasteiger partial charge is 0.340 e. The van der Waals surface area contributed by atoms with Gasteiger partial charge in [0.05, 0.1) is 6.54 Å². The van der Waals surface area contributed by atoms with Crippen molar-refractivity contribution in [3.8, 4) is 0 Å². The average Bonchev–Trinajstić information content (AvgIpc) is 2.49. The lowest BCUT2D eigenvalue weighted by Gasteiger charge is -2.27. The minimum atomic E-state index is 0.0113. The van der Waals surface area contributed by atoms with E-state index in [0.29, 0.717) is 19.5 Å². The first kappa shape index (κ1) is 16.5. The molecule has 1 heterocycles. The summed E-state index contributed by atoms with van der Waals surface area (Å²) in [5.74, 6) is 0.134. The molecule has 0 aromatic heterocycles. The first-order chi connectivity index (χ1) is 10.6. The number of aryl methyl sites for hydroxylation is 1. The smallest absolute Gasteiger partial charge is 0.242 e. The molecule has 1 aliphatic rings. The molecule has 2 rings (SSSR count). The molecule has 0 radical (unpaired) electrons. The fraction of sp³-hybridized carbons (Fsp3) is 0.556. The zero-order valence-electron chi connectivity index (χ0n) is 13.7. The SMILES string of the molecule is Cc1ccccc1CN(C)C(=O)CN1CCCCCCC1=O. The van der Waals surface area contributed by atoms with Crippen molar-refractivity contribution in [3.05, 3.63) is 35.4 Å². The van der Waals surface area contributed by atoms with E-state index in [9.17, 15) is 9.59 Å². The van der Waals surface area contributed by atoms with Crippen LogP contribution in [0.2, 0.25) is 0 Å². The molecule has 0 bridgehead atoms. The van der Waals surface area contributed by atoms with Crippen molar-refractivity contribution in [2.24, 2.45) is 0 Å². The molecule has 0 N–H and O–H groups in total. The van der Waals surface area contributed by atoms with Gasteiger partial charge in [-0.3, -0.25) is 9.59 Å². The second-order valence-corrected chi connectivity index (χ2v) is 6.16. The maximum absolute atomic E-state index is 12.4. The second-order valence-electron chi connectivity index (χ2n) is 6.16. The summed E-state index contributed by atoms with van der Waals surface area (Å²) >= 11 is 0. The van der Waals surface area contributed by atoms with Crippen LogP contribution in [0.25, 0.3) is 0 Å². The van der Waals surface area contributed by atoms with Crippen molar-refractivity contribution in [3.63, 3.8) is 0 Å². The zero-order chi connectivity index (χ0) is 15.9. The van der Waals surface area contributed by atoms with Crippen molar-refractivity contribution in [1.29, 1.82) is 0 Å². The monoisotopic (exact) mass is 302 g/mol. The molecular weight excluding hydrogens is 276 g/mol. The highest BCUT2D eigenvalue weighted by atomic mass is 16.2. The van der Waals surface area contributed by atoms with E-state index < -0.39 is 0 Å². The van der Waals surface area contributed by atoms with Crippen LogP contribution in [0.4, 0.5) is 0 Å². The Labute approximate surface area is 133 Å². The molecule has 2 amide bonds. The highest BCUT2D eigenvalue weighted by molar-refractivity contribution is 5.84. The van der Waals surface area contributed by atoms with Gasteiger partial charge in [0.15, 0.2) is 0 Å². The normalized spacial score (nSPS) is 16.1. The quantitative estimate of drug-likeness (QED) is 0.858. The van der Waals surface area contributed by atoms with Gasteiger partial charge in [0.2, 0.25) is 11.8 Å². The van der Waals surface area contributed by atoms with Crippen LogP contribution in [-0.4, -0.2) is 41.8 Å². The number of rotatable bonds is 4. The molecule has 1 aromatic rings. The van der Waals surface area contributed by atoms with Gasteiger partial charge in [-0.15, -0.1) is 0 Å². The molecular formula is C18H26N2O2. The summed E-state index contributed by atoms with van der Waals surface area (Å²) < 4.78 is 0. The summed E-state index contributed by atoms with van der Waals surface area (Å²) in [6, 6.07) is 8.08. The van der Waals surface area contributed by atoms with Crippen LogP contribution >= 0.6 is 0 Å². The van der Waals surface area contributed by atoms with Crippen molar-refractivity contribution in [1.82, 2.24) is 9.80 Å². The summed E-state index contributed by atoms with van der Waals surface area (Å²) in [7, 11) is 1.81. The van der Waals surface area contributed by atoms with E-state index in [-0.39, 0.29) is 18.4 Å². The fourth-order valence-corrected chi connectivity index (χ4v) is 2.80. The number of hydrogen-bond acceptors (Lipinski definition) is 2. The lowest BCUT2D eigenvalue weighted by molar-refractivity contribution is -0.140. The fourth-order valence-electron chi connectivity index (χ4n) is 2.80. The van der Waals surface area contributed by atoms with Crippen molar-refractivity contribution in [2.45, 2.75) is 45.6 Å². The Morgan fingerprint density at radius 2 is 1.91 bits per heavy atom. The maximum Gasteiger partial charge on any atom is 0.242 e. The van der Waals surface area contributed by atoms with E-state index in [2.05, 4.69) is 13.0 Å². The number of likely N-dealkylation sites (N-methyl/N-ethyl adjacent to an activating group) is 1. The lowest BCUT2D eigenvalue weighted by Crippen LogP contribution is -2.42. The van der Waals surface area contributed by atoms with Crippen LogP contribution in [0.1, 0.15) is 43.2 Å². The molecule has 0 atom stereocenters. The number of amides is 2. The maximum atomic E-state index is 12.4. The molecule has 1 aromatic carbocycles. The summed E-state index contributed by atoms with van der Waals surface area (Å²) in [4.78, 5) is 27.9. The van der Waals surface area contributed by atoms with Crippen LogP contribution in [0.15, 0.2) is 24.3 Å². The Morgan fingerprint density at radius 3 is 2.68 bits per heavy atom. The topological polar surface area (TPSA) is 40.6 Å². The third-order valence-electron chi connectivity index (χ3n) is 4.34. The zero-order valence-corrected chi connectivity index (χ0v) is 13.7. The summed E-state index contributed by atoms with van der Waals surface area (Å²) in [6.07, 6.45) is 4.80. The first-order valence-electron chi connectivity index (χ1n) is 8.14. The van der Waals surface area contributed by atoms with Gasteiger partial charge in [-0.1, -0.05) is 37.1 Å². The van der Waals surface area contributed by atoms with Gasteiger partial charge < -0.3 is 9.80 Å². The number of benzene rings is 1. The number of carbonyl (C=O) groups is 2. The number of hydrogen-bond donors (Lipinski definition) is 0.